The number of benzene rings is 1. The standard InChI is InChI=1S/C23H35N3O2/c1-2-19-17-26(23(28)25-21-11-7-4-8-12-21)14-13-20(19)15-22(27)24-16-18-9-5-3-6-10-18/h3,5-6,9-10,19-21H,2,4,7-8,11-17H2,1H3,(H,24,27)(H,25,28)/t19-,20-/m0/s1. The molecule has 1 aliphatic heterocycles. The highest BCUT2D eigenvalue weighted by Gasteiger charge is 2.32. The van der Waals surface area contributed by atoms with E-state index in [1.54, 1.807) is 0 Å². The molecule has 5 nitrogen and oxygen atoms in total. The van der Waals surface area contributed by atoms with Gasteiger partial charge in [0.15, 0.2) is 0 Å². The maximum absolute atomic E-state index is 12.7. The number of urea groups is 1. The van der Waals surface area contributed by atoms with Gasteiger partial charge in [-0.3, -0.25) is 4.79 Å². The number of hydrogen-bond acceptors (Lipinski definition) is 2. The summed E-state index contributed by atoms with van der Waals surface area (Å²) in [4.78, 5) is 27.0. The van der Waals surface area contributed by atoms with Gasteiger partial charge in [0.05, 0.1) is 0 Å². The number of carbonyl (C=O) groups is 2. The van der Waals surface area contributed by atoms with Crippen molar-refractivity contribution in [2.24, 2.45) is 11.8 Å². The molecular formula is C23H35N3O2. The van der Waals surface area contributed by atoms with Gasteiger partial charge in [-0.1, -0.05) is 62.9 Å². The van der Waals surface area contributed by atoms with Gasteiger partial charge >= 0.3 is 6.03 Å². The highest BCUT2D eigenvalue weighted by Crippen LogP contribution is 2.29. The molecule has 0 spiro atoms. The van der Waals surface area contributed by atoms with Crippen molar-refractivity contribution in [3.8, 4) is 0 Å². The third-order valence-electron chi connectivity index (χ3n) is 6.42. The second-order valence-electron chi connectivity index (χ2n) is 8.41. The lowest BCUT2D eigenvalue weighted by Gasteiger charge is -2.39. The molecule has 3 rings (SSSR count). The normalized spacial score (nSPS) is 23.2. The molecular weight excluding hydrogens is 350 g/mol. The minimum Gasteiger partial charge on any atom is -0.352 e. The Hall–Kier alpha value is -2.04. The zero-order valence-electron chi connectivity index (χ0n) is 17.2. The minimum absolute atomic E-state index is 0.0947. The summed E-state index contributed by atoms with van der Waals surface area (Å²) in [6.07, 6.45) is 8.44. The van der Waals surface area contributed by atoms with Crippen LogP contribution < -0.4 is 10.6 Å². The lowest BCUT2D eigenvalue weighted by molar-refractivity contribution is -0.123. The van der Waals surface area contributed by atoms with Crippen molar-refractivity contribution in [2.75, 3.05) is 13.1 Å². The Labute approximate surface area is 169 Å². The number of nitrogens with one attached hydrogen (secondary N) is 2. The zero-order chi connectivity index (χ0) is 19.8. The van der Waals surface area contributed by atoms with E-state index in [0.717, 1.165) is 44.3 Å². The van der Waals surface area contributed by atoms with Crippen LogP contribution in [0.5, 0.6) is 0 Å². The summed E-state index contributed by atoms with van der Waals surface area (Å²) < 4.78 is 0. The second kappa shape index (κ2) is 10.5. The number of hydrogen-bond donors (Lipinski definition) is 2. The van der Waals surface area contributed by atoms with Crippen molar-refractivity contribution in [3.63, 3.8) is 0 Å². The Morgan fingerprint density at radius 1 is 1.04 bits per heavy atom. The summed E-state index contributed by atoms with van der Waals surface area (Å²) in [7, 11) is 0. The van der Waals surface area contributed by atoms with E-state index in [2.05, 4.69) is 17.6 Å². The van der Waals surface area contributed by atoms with E-state index < -0.39 is 0 Å². The average molecular weight is 386 g/mol. The molecule has 0 aromatic heterocycles. The van der Waals surface area contributed by atoms with E-state index in [4.69, 9.17) is 0 Å². The summed E-state index contributed by atoms with van der Waals surface area (Å²) in [6, 6.07) is 10.5. The summed E-state index contributed by atoms with van der Waals surface area (Å²) in [5, 5.41) is 6.28. The monoisotopic (exact) mass is 385 g/mol. The molecule has 1 aromatic rings. The third-order valence-corrected chi connectivity index (χ3v) is 6.42. The smallest absolute Gasteiger partial charge is 0.317 e. The highest BCUT2D eigenvalue weighted by atomic mass is 16.2. The van der Waals surface area contributed by atoms with E-state index in [1.807, 2.05) is 35.2 Å². The van der Waals surface area contributed by atoms with Gasteiger partial charge in [0.2, 0.25) is 5.91 Å². The Morgan fingerprint density at radius 2 is 1.79 bits per heavy atom. The molecule has 1 saturated carbocycles. The van der Waals surface area contributed by atoms with Crippen LogP contribution in [0.15, 0.2) is 30.3 Å². The third kappa shape index (κ3) is 5.98. The fourth-order valence-electron chi connectivity index (χ4n) is 4.62. The molecule has 3 amide bonds. The van der Waals surface area contributed by atoms with E-state index in [1.165, 1.54) is 19.3 Å². The molecule has 28 heavy (non-hydrogen) atoms. The van der Waals surface area contributed by atoms with Crippen LogP contribution in [-0.2, 0) is 11.3 Å². The molecule has 2 atom stereocenters. The van der Waals surface area contributed by atoms with Crippen molar-refractivity contribution in [2.45, 2.75) is 70.9 Å². The Bertz CT molecular complexity index is 628. The fraction of sp³-hybridized carbons (Fsp3) is 0.652. The number of likely N-dealkylation sites (tertiary alicyclic amines) is 1. The maximum Gasteiger partial charge on any atom is 0.317 e. The Kier molecular flexibility index (Phi) is 7.75. The van der Waals surface area contributed by atoms with Crippen LogP contribution in [0.25, 0.3) is 0 Å². The molecule has 0 unspecified atom stereocenters. The number of piperidine rings is 1. The first kappa shape index (κ1) is 20.7. The lowest BCUT2D eigenvalue weighted by Crippen LogP contribution is -2.51. The van der Waals surface area contributed by atoms with Gasteiger partial charge in [0, 0.05) is 32.1 Å². The first-order valence-electron chi connectivity index (χ1n) is 11.0. The molecule has 1 aromatic carbocycles. The molecule has 2 N–H and O–H groups in total. The number of nitrogens with zero attached hydrogens (tertiary/aromatic N) is 1. The quantitative estimate of drug-likeness (QED) is 0.775. The molecule has 0 bridgehead atoms. The van der Waals surface area contributed by atoms with Crippen molar-refractivity contribution in [3.05, 3.63) is 35.9 Å². The van der Waals surface area contributed by atoms with E-state index >= 15 is 0 Å². The van der Waals surface area contributed by atoms with Crippen LogP contribution in [0.4, 0.5) is 4.79 Å². The molecule has 0 radical (unpaired) electrons. The van der Waals surface area contributed by atoms with E-state index in [-0.39, 0.29) is 11.9 Å². The SMILES string of the molecule is CC[C@H]1CN(C(=O)NC2CCCCC2)CC[C@H]1CC(=O)NCc1ccccc1. The zero-order valence-corrected chi connectivity index (χ0v) is 17.2. The van der Waals surface area contributed by atoms with Gasteiger partial charge in [-0.15, -0.1) is 0 Å². The van der Waals surface area contributed by atoms with Crippen molar-refractivity contribution in [1.29, 1.82) is 0 Å². The fourth-order valence-corrected chi connectivity index (χ4v) is 4.62. The largest absolute Gasteiger partial charge is 0.352 e. The topological polar surface area (TPSA) is 61.4 Å². The summed E-state index contributed by atoms with van der Waals surface area (Å²) >= 11 is 0. The van der Waals surface area contributed by atoms with Gasteiger partial charge in [-0.2, -0.15) is 0 Å². The molecule has 1 aliphatic carbocycles. The second-order valence-corrected chi connectivity index (χ2v) is 8.41. The Morgan fingerprint density at radius 3 is 2.50 bits per heavy atom. The summed E-state index contributed by atoms with van der Waals surface area (Å²) in [5.74, 6) is 0.875. The van der Waals surface area contributed by atoms with Crippen LogP contribution in [0.2, 0.25) is 0 Å². The van der Waals surface area contributed by atoms with Crippen molar-refractivity contribution >= 4 is 11.9 Å². The van der Waals surface area contributed by atoms with Gasteiger partial charge < -0.3 is 15.5 Å². The van der Waals surface area contributed by atoms with Crippen LogP contribution >= 0.6 is 0 Å². The lowest BCUT2D eigenvalue weighted by atomic mass is 9.81. The van der Waals surface area contributed by atoms with Gasteiger partial charge in [-0.05, 0) is 36.7 Å². The highest BCUT2D eigenvalue weighted by molar-refractivity contribution is 5.76. The minimum atomic E-state index is 0.0947. The molecule has 1 saturated heterocycles. The van der Waals surface area contributed by atoms with Crippen LogP contribution in [0.1, 0.15) is 63.9 Å². The predicted molar refractivity (Wildman–Crippen MR) is 112 cm³/mol. The van der Waals surface area contributed by atoms with E-state index in [0.29, 0.717) is 30.8 Å². The predicted octanol–water partition coefficient (Wildman–Crippen LogP) is 4.08. The molecule has 154 valence electrons. The van der Waals surface area contributed by atoms with Gasteiger partial charge in [0.1, 0.15) is 0 Å². The molecule has 5 heteroatoms. The average Bonchev–Trinajstić information content (AvgIpc) is 2.74. The van der Waals surface area contributed by atoms with Crippen LogP contribution in [-0.4, -0.2) is 36.0 Å². The van der Waals surface area contributed by atoms with Crippen LogP contribution in [0, 0.1) is 11.8 Å². The Balaban J connectivity index is 1.44. The maximum atomic E-state index is 12.7. The van der Waals surface area contributed by atoms with Crippen molar-refractivity contribution in [1.82, 2.24) is 15.5 Å². The van der Waals surface area contributed by atoms with Gasteiger partial charge in [-0.25, -0.2) is 4.79 Å². The van der Waals surface area contributed by atoms with Gasteiger partial charge in [0.25, 0.3) is 0 Å². The van der Waals surface area contributed by atoms with Crippen molar-refractivity contribution < 1.29 is 9.59 Å². The molecule has 2 aliphatic rings. The first-order chi connectivity index (χ1) is 13.7. The first-order valence-corrected chi connectivity index (χ1v) is 11.0. The number of rotatable bonds is 6. The van der Waals surface area contributed by atoms with Crippen LogP contribution in [0.3, 0.4) is 0 Å². The summed E-state index contributed by atoms with van der Waals surface area (Å²) in [6.45, 7) is 4.28. The summed E-state index contributed by atoms with van der Waals surface area (Å²) in [5.41, 5.74) is 1.12. The van der Waals surface area contributed by atoms with E-state index in [9.17, 15) is 9.59 Å². The number of carbonyl (C=O) groups excluding carboxylic acids is 2. The number of amides is 3. The molecule has 2 fully saturated rings. The molecule has 1 heterocycles.